The van der Waals surface area contributed by atoms with Gasteiger partial charge in [-0.1, -0.05) is 42.5 Å². The molecule has 1 amide bonds. The zero-order chi connectivity index (χ0) is 19.7. The maximum absolute atomic E-state index is 12.7. The molecule has 2 aliphatic heterocycles. The first-order valence-corrected chi connectivity index (χ1v) is 9.95. The summed E-state index contributed by atoms with van der Waals surface area (Å²) in [5.41, 5.74) is 1.88. The van der Waals surface area contributed by atoms with Crippen molar-refractivity contribution in [2.24, 2.45) is 0 Å². The molecule has 2 aromatic rings. The van der Waals surface area contributed by atoms with Crippen molar-refractivity contribution in [3.05, 3.63) is 66.2 Å². The molecule has 2 aromatic carbocycles. The largest absolute Gasteiger partial charge is 0.457 e. The lowest BCUT2D eigenvalue weighted by molar-refractivity contribution is 0.0175. The lowest BCUT2D eigenvalue weighted by Crippen LogP contribution is -2.45. The summed E-state index contributed by atoms with van der Waals surface area (Å²) in [7, 11) is 0. The van der Waals surface area contributed by atoms with Crippen LogP contribution in [-0.2, 0) is 4.74 Å². The first kappa shape index (κ1) is 18.6. The van der Waals surface area contributed by atoms with Crippen molar-refractivity contribution in [3.8, 4) is 11.5 Å². The van der Waals surface area contributed by atoms with Crippen molar-refractivity contribution in [2.75, 3.05) is 0 Å². The fraction of sp³-hybridized carbons (Fsp3) is 0.375. The van der Waals surface area contributed by atoms with E-state index in [9.17, 15) is 4.79 Å². The highest BCUT2D eigenvalue weighted by Gasteiger charge is 2.41. The van der Waals surface area contributed by atoms with E-state index in [-0.39, 0.29) is 18.2 Å². The van der Waals surface area contributed by atoms with Crippen LogP contribution in [0.25, 0.3) is 5.57 Å². The molecule has 2 atom stereocenters. The lowest BCUT2D eigenvalue weighted by Gasteiger charge is -2.35. The predicted molar refractivity (Wildman–Crippen MR) is 110 cm³/mol. The lowest BCUT2D eigenvalue weighted by atomic mass is 9.94. The van der Waals surface area contributed by atoms with Gasteiger partial charge in [0.05, 0.1) is 6.04 Å². The molecule has 0 spiro atoms. The van der Waals surface area contributed by atoms with Gasteiger partial charge < -0.3 is 9.47 Å². The molecule has 4 rings (SSSR count). The summed E-state index contributed by atoms with van der Waals surface area (Å²) in [6.07, 6.45) is 4.83. The minimum absolute atomic E-state index is 0.0911. The van der Waals surface area contributed by atoms with Crippen LogP contribution in [0.4, 0.5) is 4.79 Å². The molecule has 1 fully saturated rings. The van der Waals surface area contributed by atoms with Gasteiger partial charge in [-0.2, -0.15) is 0 Å². The van der Waals surface area contributed by atoms with Crippen LogP contribution in [0.15, 0.2) is 60.7 Å². The van der Waals surface area contributed by atoms with Gasteiger partial charge in [-0.05, 0) is 63.8 Å². The zero-order valence-corrected chi connectivity index (χ0v) is 16.7. The number of carbonyl (C=O) groups is 1. The van der Waals surface area contributed by atoms with Crippen molar-refractivity contribution in [3.63, 3.8) is 0 Å². The molecule has 0 N–H and O–H groups in total. The molecule has 4 nitrogen and oxygen atoms in total. The van der Waals surface area contributed by atoms with Crippen LogP contribution in [0.3, 0.4) is 0 Å². The third-order valence-corrected chi connectivity index (χ3v) is 5.20. The van der Waals surface area contributed by atoms with Crippen molar-refractivity contribution in [2.45, 2.75) is 57.7 Å². The second-order valence-corrected chi connectivity index (χ2v) is 8.49. The van der Waals surface area contributed by atoms with Crippen LogP contribution in [0.1, 0.15) is 45.6 Å². The van der Waals surface area contributed by atoms with Crippen LogP contribution in [-0.4, -0.2) is 28.7 Å². The molecule has 2 unspecified atom stereocenters. The third-order valence-electron chi connectivity index (χ3n) is 5.20. The van der Waals surface area contributed by atoms with E-state index in [0.717, 1.165) is 36.3 Å². The monoisotopic (exact) mass is 377 g/mol. The molecular formula is C24H27NO3. The molecular weight excluding hydrogens is 350 g/mol. The maximum Gasteiger partial charge on any atom is 0.411 e. The van der Waals surface area contributed by atoms with E-state index >= 15 is 0 Å². The molecule has 0 saturated carbocycles. The highest BCUT2D eigenvalue weighted by atomic mass is 16.6. The smallest absolute Gasteiger partial charge is 0.411 e. The van der Waals surface area contributed by atoms with Crippen molar-refractivity contribution in [1.29, 1.82) is 0 Å². The van der Waals surface area contributed by atoms with Gasteiger partial charge in [-0.25, -0.2) is 4.79 Å². The van der Waals surface area contributed by atoms with Gasteiger partial charge >= 0.3 is 6.09 Å². The average molecular weight is 377 g/mol. The minimum atomic E-state index is -0.476. The Bertz CT molecular complexity index is 882. The number of para-hydroxylation sites is 2. The van der Waals surface area contributed by atoms with Gasteiger partial charge in [0, 0.05) is 11.6 Å². The number of amides is 1. The second kappa shape index (κ2) is 7.34. The van der Waals surface area contributed by atoms with Gasteiger partial charge in [0.2, 0.25) is 0 Å². The fourth-order valence-corrected chi connectivity index (χ4v) is 4.07. The summed E-state index contributed by atoms with van der Waals surface area (Å²) in [5, 5.41) is 0. The molecule has 0 radical (unpaired) electrons. The zero-order valence-electron chi connectivity index (χ0n) is 16.7. The molecule has 2 bridgehead atoms. The first-order valence-electron chi connectivity index (χ1n) is 9.95. The Morgan fingerprint density at radius 2 is 1.71 bits per heavy atom. The number of hydrogen-bond donors (Lipinski definition) is 0. The van der Waals surface area contributed by atoms with Crippen LogP contribution in [0.5, 0.6) is 11.5 Å². The predicted octanol–water partition coefficient (Wildman–Crippen LogP) is 6.03. The van der Waals surface area contributed by atoms with Crippen LogP contribution >= 0.6 is 0 Å². The normalized spacial score (nSPS) is 21.2. The fourth-order valence-electron chi connectivity index (χ4n) is 4.07. The topological polar surface area (TPSA) is 38.8 Å². The summed E-state index contributed by atoms with van der Waals surface area (Å²) in [4.78, 5) is 14.6. The summed E-state index contributed by atoms with van der Waals surface area (Å²) in [6, 6.07) is 18.2. The van der Waals surface area contributed by atoms with Crippen LogP contribution in [0, 0.1) is 0 Å². The number of rotatable bonds is 3. The quantitative estimate of drug-likeness (QED) is 0.655. The van der Waals surface area contributed by atoms with Crippen LogP contribution in [0.2, 0.25) is 0 Å². The van der Waals surface area contributed by atoms with Crippen molar-refractivity contribution >= 4 is 11.7 Å². The van der Waals surface area contributed by atoms with E-state index in [2.05, 4.69) is 12.1 Å². The van der Waals surface area contributed by atoms with E-state index in [1.165, 1.54) is 5.57 Å². The van der Waals surface area contributed by atoms with Gasteiger partial charge in [0.15, 0.2) is 0 Å². The standard InChI is InChI=1S/C24H27NO3/c1-24(2,3)28-23(26)25-18-13-14-19(25)16-17(15-18)21-11-7-8-12-22(21)27-20-9-5-4-6-10-20/h4-12,15,18-19H,13-14,16H2,1-3H3. The van der Waals surface area contributed by atoms with Crippen molar-refractivity contribution in [1.82, 2.24) is 4.90 Å². The molecule has 0 aliphatic carbocycles. The third kappa shape index (κ3) is 3.91. The Labute approximate surface area is 166 Å². The van der Waals surface area contributed by atoms with Crippen molar-refractivity contribution < 1.29 is 14.3 Å². The average Bonchev–Trinajstić information content (AvgIpc) is 2.92. The Hall–Kier alpha value is -2.75. The summed E-state index contributed by atoms with van der Waals surface area (Å²) >= 11 is 0. The number of carbonyl (C=O) groups excluding carboxylic acids is 1. The molecule has 0 aromatic heterocycles. The number of benzene rings is 2. The summed E-state index contributed by atoms with van der Waals surface area (Å²) in [6.45, 7) is 5.74. The SMILES string of the molecule is CC(C)(C)OC(=O)N1C2C=C(c3ccccc3Oc3ccccc3)CC1CC2. The Morgan fingerprint density at radius 3 is 2.43 bits per heavy atom. The van der Waals surface area contributed by atoms with E-state index in [4.69, 9.17) is 9.47 Å². The molecule has 1 saturated heterocycles. The summed E-state index contributed by atoms with van der Waals surface area (Å²) < 4.78 is 11.8. The van der Waals surface area contributed by atoms with Gasteiger partial charge in [-0.15, -0.1) is 0 Å². The molecule has 2 aliphatic rings. The molecule has 146 valence electrons. The van der Waals surface area contributed by atoms with E-state index in [1.54, 1.807) is 0 Å². The van der Waals surface area contributed by atoms with Gasteiger partial charge in [0.1, 0.15) is 17.1 Å². The molecule has 28 heavy (non-hydrogen) atoms. The number of hydrogen-bond acceptors (Lipinski definition) is 3. The maximum atomic E-state index is 12.7. The molecule has 2 heterocycles. The van der Waals surface area contributed by atoms with Crippen LogP contribution < -0.4 is 4.74 Å². The highest BCUT2D eigenvalue weighted by Crippen LogP contribution is 2.42. The Balaban J connectivity index is 1.59. The number of ether oxygens (including phenoxy) is 2. The van der Waals surface area contributed by atoms with E-state index < -0.39 is 5.60 Å². The second-order valence-electron chi connectivity index (χ2n) is 8.49. The van der Waals surface area contributed by atoms with E-state index in [0.29, 0.717) is 0 Å². The van der Waals surface area contributed by atoms with Gasteiger partial charge in [-0.3, -0.25) is 4.90 Å². The summed E-state index contributed by atoms with van der Waals surface area (Å²) in [5.74, 6) is 1.68. The molecule has 4 heteroatoms. The van der Waals surface area contributed by atoms with Gasteiger partial charge in [0.25, 0.3) is 0 Å². The Morgan fingerprint density at radius 1 is 1.00 bits per heavy atom. The Kier molecular flexibility index (Phi) is 4.88. The minimum Gasteiger partial charge on any atom is -0.457 e. The first-order chi connectivity index (χ1) is 13.4. The highest BCUT2D eigenvalue weighted by molar-refractivity contribution is 5.77. The number of fused-ring (bicyclic) bond motifs is 2. The number of nitrogens with zero attached hydrogens (tertiary/aromatic N) is 1. The van der Waals surface area contributed by atoms with E-state index in [1.807, 2.05) is 74.2 Å².